The quantitative estimate of drug-likeness (QED) is 0.429. The summed E-state index contributed by atoms with van der Waals surface area (Å²) in [5.41, 5.74) is 2.82. The van der Waals surface area contributed by atoms with Gasteiger partial charge < -0.3 is 23.9 Å². The molecule has 5 rings (SSSR count). The number of aromatic nitrogens is 2. The fourth-order valence-corrected chi connectivity index (χ4v) is 4.56. The van der Waals surface area contributed by atoms with Gasteiger partial charge in [-0.05, 0) is 35.9 Å². The van der Waals surface area contributed by atoms with Crippen molar-refractivity contribution in [3.8, 4) is 33.9 Å². The SMILES string of the molecule is COc1ccc(-c2oc3ncnc(N4CCN(CCO)CC4)c3c2-c2ccc(F)cc2)cc1OC. The van der Waals surface area contributed by atoms with Crippen molar-refractivity contribution in [1.82, 2.24) is 14.9 Å². The van der Waals surface area contributed by atoms with Crippen LogP contribution < -0.4 is 14.4 Å². The summed E-state index contributed by atoms with van der Waals surface area (Å²) in [5, 5.41) is 10.1. The molecule has 35 heavy (non-hydrogen) atoms. The molecule has 0 saturated carbocycles. The predicted octanol–water partition coefficient (Wildman–Crippen LogP) is 3.83. The van der Waals surface area contributed by atoms with Crippen LogP contribution in [0.15, 0.2) is 53.2 Å². The number of furan rings is 1. The Morgan fingerprint density at radius 3 is 2.34 bits per heavy atom. The van der Waals surface area contributed by atoms with Crippen LogP contribution in [0.4, 0.5) is 10.2 Å². The smallest absolute Gasteiger partial charge is 0.232 e. The molecule has 2 aromatic heterocycles. The second-order valence-corrected chi connectivity index (χ2v) is 8.31. The summed E-state index contributed by atoms with van der Waals surface area (Å²) < 4.78 is 31.0. The standard InChI is InChI=1S/C26H27FN4O4/c1-33-20-8-5-18(15-21(20)34-2)24-22(17-3-6-19(27)7-4-17)23-25(28-16-29-26(23)35-24)31-11-9-30(10-12-31)13-14-32/h3-8,15-16,32H,9-14H2,1-2H3. The van der Waals surface area contributed by atoms with Crippen molar-refractivity contribution in [1.29, 1.82) is 0 Å². The van der Waals surface area contributed by atoms with Crippen molar-refractivity contribution in [2.45, 2.75) is 0 Å². The molecule has 0 radical (unpaired) electrons. The van der Waals surface area contributed by atoms with Crippen molar-refractivity contribution in [2.75, 3.05) is 58.5 Å². The van der Waals surface area contributed by atoms with E-state index in [9.17, 15) is 9.50 Å². The van der Waals surface area contributed by atoms with Crippen LogP contribution in [0.25, 0.3) is 33.6 Å². The molecule has 182 valence electrons. The maximum Gasteiger partial charge on any atom is 0.232 e. The summed E-state index contributed by atoms with van der Waals surface area (Å²) in [5.74, 6) is 2.23. The molecular weight excluding hydrogens is 451 g/mol. The Kier molecular flexibility index (Phi) is 6.52. The number of aliphatic hydroxyl groups excluding tert-OH is 1. The zero-order chi connectivity index (χ0) is 24.4. The molecule has 1 aliphatic rings. The van der Waals surface area contributed by atoms with Gasteiger partial charge >= 0.3 is 0 Å². The number of ether oxygens (including phenoxy) is 2. The van der Waals surface area contributed by atoms with E-state index < -0.39 is 0 Å². The van der Waals surface area contributed by atoms with E-state index in [1.807, 2.05) is 18.2 Å². The molecule has 9 heteroatoms. The molecule has 3 heterocycles. The van der Waals surface area contributed by atoms with E-state index in [4.69, 9.17) is 13.9 Å². The van der Waals surface area contributed by atoms with Gasteiger partial charge in [-0.25, -0.2) is 14.4 Å². The number of rotatable bonds is 7. The van der Waals surface area contributed by atoms with Crippen LogP contribution in [-0.4, -0.2) is 73.5 Å². The highest BCUT2D eigenvalue weighted by Crippen LogP contribution is 2.45. The molecule has 0 amide bonds. The van der Waals surface area contributed by atoms with Crippen molar-refractivity contribution in [3.05, 3.63) is 54.6 Å². The van der Waals surface area contributed by atoms with Gasteiger partial charge in [0.2, 0.25) is 5.71 Å². The lowest BCUT2D eigenvalue weighted by molar-refractivity contribution is 0.188. The van der Waals surface area contributed by atoms with Gasteiger partial charge in [0.15, 0.2) is 11.5 Å². The number of nitrogens with zero attached hydrogens (tertiary/aromatic N) is 4. The Labute approximate surface area is 202 Å². The number of halogens is 1. The lowest BCUT2D eigenvalue weighted by Gasteiger charge is -2.35. The van der Waals surface area contributed by atoms with Crippen LogP contribution in [0, 0.1) is 5.82 Å². The number of benzene rings is 2. The van der Waals surface area contributed by atoms with Gasteiger partial charge in [-0.3, -0.25) is 4.90 Å². The highest BCUT2D eigenvalue weighted by molar-refractivity contribution is 6.06. The molecule has 1 fully saturated rings. The van der Waals surface area contributed by atoms with Crippen molar-refractivity contribution in [3.63, 3.8) is 0 Å². The van der Waals surface area contributed by atoms with Gasteiger partial charge in [-0.1, -0.05) is 12.1 Å². The zero-order valence-corrected chi connectivity index (χ0v) is 19.7. The van der Waals surface area contributed by atoms with Crippen LogP contribution in [0.1, 0.15) is 0 Å². The molecule has 0 atom stereocenters. The molecule has 1 aliphatic heterocycles. The van der Waals surface area contributed by atoms with Crippen molar-refractivity contribution in [2.24, 2.45) is 0 Å². The van der Waals surface area contributed by atoms with E-state index in [1.165, 1.54) is 18.5 Å². The lowest BCUT2D eigenvalue weighted by atomic mass is 9.98. The molecule has 0 spiro atoms. The highest BCUT2D eigenvalue weighted by atomic mass is 19.1. The van der Waals surface area contributed by atoms with E-state index in [0.717, 1.165) is 54.1 Å². The highest BCUT2D eigenvalue weighted by Gasteiger charge is 2.27. The van der Waals surface area contributed by atoms with Crippen LogP contribution >= 0.6 is 0 Å². The summed E-state index contributed by atoms with van der Waals surface area (Å²) in [6, 6.07) is 11.9. The zero-order valence-electron chi connectivity index (χ0n) is 19.7. The van der Waals surface area contributed by atoms with Gasteiger partial charge in [-0.2, -0.15) is 0 Å². The van der Waals surface area contributed by atoms with Crippen LogP contribution in [0.3, 0.4) is 0 Å². The first-order valence-corrected chi connectivity index (χ1v) is 11.5. The Balaban J connectivity index is 1.68. The maximum atomic E-state index is 13.8. The average Bonchev–Trinajstić information content (AvgIpc) is 3.29. The summed E-state index contributed by atoms with van der Waals surface area (Å²) >= 11 is 0. The predicted molar refractivity (Wildman–Crippen MR) is 131 cm³/mol. The number of anilines is 1. The van der Waals surface area contributed by atoms with Gasteiger partial charge in [0.1, 0.15) is 23.7 Å². The number of fused-ring (bicyclic) bond motifs is 1. The third-order valence-electron chi connectivity index (χ3n) is 6.33. The summed E-state index contributed by atoms with van der Waals surface area (Å²) in [4.78, 5) is 13.5. The van der Waals surface area contributed by atoms with E-state index >= 15 is 0 Å². The Bertz CT molecular complexity index is 1320. The van der Waals surface area contributed by atoms with Gasteiger partial charge in [0, 0.05) is 43.9 Å². The van der Waals surface area contributed by atoms with Crippen molar-refractivity contribution < 1.29 is 23.4 Å². The minimum absolute atomic E-state index is 0.142. The first-order valence-electron chi connectivity index (χ1n) is 11.5. The molecule has 0 aliphatic carbocycles. The van der Waals surface area contributed by atoms with Crippen molar-refractivity contribution >= 4 is 16.9 Å². The van der Waals surface area contributed by atoms with E-state index in [-0.39, 0.29) is 12.4 Å². The largest absolute Gasteiger partial charge is 0.493 e. The lowest BCUT2D eigenvalue weighted by Crippen LogP contribution is -2.47. The fraction of sp³-hybridized carbons (Fsp3) is 0.308. The van der Waals surface area contributed by atoms with E-state index in [0.29, 0.717) is 29.5 Å². The normalized spacial score (nSPS) is 14.5. The molecule has 2 aromatic carbocycles. The summed E-state index contributed by atoms with van der Waals surface area (Å²) in [6.07, 6.45) is 1.51. The number of hydrogen-bond donors (Lipinski definition) is 1. The van der Waals surface area contributed by atoms with Gasteiger partial charge in [-0.15, -0.1) is 0 Å². The molecule has 8 nitrogen and oxygen atoms in total. The van der Waals surface area contributed by atoms with Gasteiger partial charge in [0.05, 0.1) is 26.2 Å². The van der Waals surface area contributed by atoms with Crippen LogP contribution in [0.5, 0.6) is 11.5 Å². The van der Waals surface area contributed by atoms with Crippen LogP contribution in [-0.2, 0) is 0 Å². The van der Waals surface area contributed by atoms with E-state index in [1.54, 1.807) is 26.4 Å². The Morgan fingerprint density at radius 2 is 1.66 bits per heavy atom. The van der Waals surface area contributed by atoms with Crippen LogP contribution in [0.2, 0.25) is 0 Å². The van der Waals surface area contributed by atoms with E-state index in [2.05, 4.69) is 19.8 Å². The molecule has 1 N–H and O–H groups in total. The number of aliphatic hydroxyl groups is 1. The minimum Gasteiger partial charge on any atom is -0.493 e. The molecule has 1 saturated heterocycles. The fourth-order valence-electron chi connectivity index (χ4n) is 4.56. The first-order chi connectivity index (χ1) is 17.1. The molecular formula is C26H27FN4O4. The molecule has 4 aromatic rings. The minimum atomic E-state index is -0.314. The Hall–Kier alpha value is -3.69. The second-order valence-electron chi connectivity index (χ2n) is 8.31. The molecule has 0 bridgehead atoms. The monoisotopic (exact) mass is 478 g/mol. The summed E-state index contributed by atoms with van der Waals surface area (Å²) in [7, 11) is 3.17. The third-order valence-corrected chi connectivity index (χ3v) is 6.33. The van der Waals surface area contributed by atoms with Gasteiger partial charge in [0.25, 0.3) is 0 Å². The maximum absolute atomic E-state index is 13.8. The third kappa shape index (κ3) is 4.40. The summed E-state index contributed by atoms with van der Waals surface area (Å²) in [6.45, 7) is 3.94. The number of piperazine rings is 1. The number of hydrogen-bond acceptors (Lipinski definition) is 8. The first kappa shape index (κ1) is 23.1. The second kappa shape index (κ2) is 9.89. The molecule has 0 unspecified atom stereocenters. The number of β-amino-alcohol motifs (C(OH)–C–C–N with tert-alkyl or cyclic N) is 1. The average molecular weight is 479 g/mol. The topological polar surface area (TPSA) is 84.1 Å². The Morgan fingerprint density at radius 1 is 0.943 bits per heavy atom. The number of methoxy groups -OCH3 is 2.